The van der Waals surface area contributed by atoms with Crippen LogP contribution in [0.2, 0.25) is 0 Å². The van der Waals surface area contributed by atoms with E-state index in [4.69, 9.17) is 10.5 Å². The molecule has 0 aliphatic carbocycles. The Bertz CT molecular complexity index is 1690. The maximum absolute atomic E-state index is 12.7. The number of rotatable bonds is 11. The van der Waals surface area contributed by atoms with Gasteiger partial charge in [0, 0.05) is 46.1 Å². The monoisotopic (exact) mass is 673 g/mol. The van der Waals surface area contributed by atoms with Crippen molar-refractivity contribution in [3.8, 4) is 0 Å². The Hall–Kier alpha value is -4.61. The third-order valence-corrected chi connectivity index (χ3v) is 9.75. The van der Waals surface area contributed by atoms with E-state index in [1.54, 1.807) is 19.5 Å². The van der Waals surface area contributed by atoms with Crippen molar-refractivity contribution in [2.24, 2.45) is 11.8 Å². The third-order valence-electron chi connectivity index (χ3n) is 8.03. The van der Waals surface area contributed by atoms with Crippen molar-refractivity contribution in [1.82, 2.24) is 50.8 Å². The van der Waals surface area contributed by atoms with Crippen LogP contribution in [-0.2, 0) is 28.8 Å². The van der Waals surface area contributed by atoms with Crippen LogP contribution in [0.25, 0.3) is 0 Å². The summed E-state index contributed by atoms with van der Waals surface area (Å²) in [6, 6.07) is 9.52. The fourth-order valence-electron chi connectivity index (χ4n) is 5.79. The average molecular weight is 674 g/mol. The van der Waals surface area contributed by atoms with E-state index in [2.05, 4.69) is 60.6 Å². The maximum atomic E-state index is 12.7. The van der Waals surface area contributed by atoms with Gasteiger partial charge in [-0.1, -0.05) is 41.7 Å². The van der Waals surface area contributed by atoms with Crippen LogP contribution < -0.4 is 15.5 Å². The van der Waals surface area contributed by atoms with E-state index in [0.29, 0.717) is 17.0 Å². The van der Waals surface area contributed by atoms with Crippen molar-refractivity contribution < 1.29 is 9.53 Å². The number of ketones is 1. The summed E-state index contributed by atoms with van der Waals surface area (Å²) in [5.41, 5.74) is 6.43. The molecule has 0 bridgehead atoms. The van der Waals surface area contributed by atoms with Gasteiger partial charge < -0.3 is 20.3 Å². The van der Waals surface area contributed by atoms with Crippen molar-refractivity contribution in [2.75, 3.05) is 48.8 Å². The van der Waals surface area contributed by atoms with Gasteiger partial charge in [-0.3, -0.25) is 4.79 Å². The molecule has 17 heteroatoms. The summed E-state index contributed by atoms with van der Waals surface area (Å²) in [5, 5.41) is 35.5. The van der Waals surface area contributed by atoms with Gasteiger partial charge in [-0.05, 0) is 30.2 Å². The van der Waals surface area contributed by atoms with Gasteiger partial charge in [0.1, 0.15) is 33.8 Å². The SMILES string of the molecule is CO[C@H](C(=O)Cc1nnc(C[C@@H]2CCN(c3cncnn3)C2)s1)c1ccccc1.Nc1nnc(C[C@@H]2CCN(c3cncnn3)C2)s1. The van der Waals surface area contributed by atoms with Crippen LogP contribution in [0.3, 0.4) is 0 Å². The second kappa shape index (κ2) is 15.8. The molecule has 2 aliphatic heterocycles. The lowest BCUT2D eigenvalue weighted by atomic mass is 10.0. The Morgan fingerprint density at radius 2 is 1.40 bits per heavy atom. The standard InChI is InChI=1S/C20H22N6O2S.C10H13N7S/c1-28-20(15-5-3-2-4-6-15)16(27)10-19-25-24-18(29-19)9-14-7-8-26(12-14)17-11-21-13-22-23-17;11-10-16-15-9(18-10)3-7-1-2-17(5-7)8-4-12-6-13-14-8/h2-6,11,13-14,20H,7-10,12H2,1H3;4,6-7H,1-3,5H2,(H2,11,16)/t14-,20-;7-/m00/s1. The van der Waals surface area contributed by atoms with E-state index in [1.165, 1.54) is 35.3 Å². The molecule has 47 heavy (non-hydrogen) atoms. The number of ether oxygens (including phenoxy) is 1. The number of nitrogens with two attached hydrogens (primary N) is 1. The Labute approximate surface area is 279 Å². The third kappa shape index (κ3) is 8.81. The first kappa shape index (κ1) is 32.3. The Morgan fingerprint density at radius 1 is 0.830 bits per heavy atom. The van der Waals surface area contributed by atoms with Crippen LogP contribution in [0.4, 0.5) is 16.8 Å². The molecule has 0 radical (unpaired) electrons. The predicted molar refractivity (Wildman–Crippen MR) is 177 cm³/mol. The minimum Gasteiger partial charge on any atom is -0.374 e. The van der Waals surface area contributed by atoms with Gasteiger partial charge >= 0.3 is 0 Å². The van der Waals surface area contributed by atoms with Crippen LogP contribution in [0, 0.1) is 11.8 Å². The first-order chi connectivity index (χ1) is 23.0. The Morgan fingerprint density at radius 3 is 1.94 bits per heavy atom. The normalized spacial score (nSPS) is 18.1. The molecule has 1 aromatic carbocycles. The van der Waals surface area contributed by atoms with Crippen LogP contribution in [0.15, 0.2) is 55.4 Å². The van der Waals surface area contributed by atoms with E-state index in [-0.39, 0.29) is 12.2 Å². The molecule has 2 saturated heterocycles. The van der Waals surface area contributed by atoms with Gasteiger partial charge in [0.2, 0.25) is 5.13 Å². The minimum absolute atomic E-state index is 0.0106. The van der Waals surface area contributed by atoms with Gasteiger partial charge in [0.05, 0.1) is 18.8 Å². The molecule has 0 amide bonds. The second-order valence-electron chi connectivity index (χ2n) is 11.3. The molecule has 2 fully saturated rings. The lowest BCUT2D eigenvalue weighted by Crippen LogP contribution is -2.21. The molecule has 0 unspecified atom stereocenters. The van der Waals surface area contributed by atoms with Crippen LogP contribution in [-0.4, -0.2) is 89.8 Å². The fourth-order valence-corrected chi connectivity index (χ4v) is 7.49. The number of nitrogens with zero attached hydrogens (tertiary/aromatic N) is 12. The number of Topliss-reactive ketones (excluding diaryl/α,β-unsaturated/α-hetero) is 1. The van der Waals surface area contributed by atoms with Gasteiger partial charge in [-0.15, -0.1) is 52.1 Å². The van der Waals surface area contributed by atoms with Gasteiger partial charge in [-0.25, -0.2) is 9.97 Å². The highest BCUT2D eigenvalue weighted by Crippen LogP contribution is 2.27. The summed E-state index contributed by atoms with van der Waals surface area (Å²) in [7, 11) is 1.56. The molecule has 5 aromatic rings. The number of carbonyl (C=O) groups excluding carboxylic acids is 1. The minimum atomic E-state index is -0.576. The molecule has 3 atom stereocenters. The number of anilines is 3. The average Bonchev–Trinajstić information content (AvgIpc) is 3.93. The summed E-state index contributed by atoms with van der Waals surface area (Å²) in [4.78, 5) is 25.1. The number of methoxy groups -OCH3 is 1. The highest BCUT2D eigenvalue weighted by molar-refractivity contribution is 7.15. The van der Waals surface area contributed by atoms with Crippen molar-refractivity contribution in [2.45, 2.75) is 38.2 Å². The van der Waals surface area contributed by atoms with Crippen LogP contribution in [0.1, 0.15) is 39.5 Å². The summed E-state index contributed by atoms with van der Waals surface area (Å²) in [5.74, 6) is 2.69. The van der Waals surface area contributed by atoms with Crippen molar-refractivity contribution in [3.05, 3.63) is 76.0 Å². The molecule has 7 rings (SSSR count). The molecular formula is C30H35N13O2S2. The number of hydrogen-bond donors (Lipinski definition) is 1. The molecule has 0 spiro atoms. The predicted octanol–water partition coefficient (Wildman–Crippen LogP) is 2.67. The topological polar surface area (TPSA) is 188 Å². The van der Waals surface area contributed by atoms with Crippen LogP contribution in [0.5, 0.6) is 0 Å². The number of aromatic nitrogens is 10. The molecule has 2 aliphatic rings. The lowest BCUT2D eigenvalue weighted by molar-refractivity contribution is -0.128. The van der Waals surface area contributed by atoms with E-state index in [0.717, 1.165) is 84.1 Å². The molecule has 15 nitrogen and oxygen atoms in total. The highest BCUT2D eigenvalue weighted by Gasteiger charge is 2.27. The number of nitrogen functional groups attached to an aromatic ring is 1. The summed E-state index contributed by atoms with van der Waals surface area (Å²) < 4.78 is 5.42. The molecule has 2 N–H and O–H groups in total. The van der Waals surface area contributed by atoms with E-state index in [9.17, 15) is 4.79 Å². The quantitative estimate of drug-likeness (QED) is 0.215. The van der Waals surface area contributed by atoms with Gasteiger partial charge in [0.15, 0.2) is 17.4 Å². The summed E-state index contributed by atoms with van der Waals surface area (Å²) in [6.45, 7) is 3.77. The Kier molecular flexibility index (Phi) is 10.9. The van der Waals surface area contributed by atoms with E-state index in [1.807, 2.05) is 30.3 Å². The number of benzene rings is 1. The molecule has 4 aromatic heterocycles. The molecular weight excluding hydrogens is 639 g/mol. The molecule has 244 valence electrons. The first-order valence-electron chi connectivity index (χ1n) is 15.3. The zero-order valence-electron chi connectivity index (χ0n) is 25.9. The van der Waals surface area contributed by atoms with Crippen molar-refractivity contribution in [3.63, 3.8) is 0 Å². The highest BCUT2D eigenvalue weighted by atomic mass is 32.1. The zero-order chi connectivity index (χ0) is 32.4. The summed E-state index contributed by atoms with van der Waals surface area (Å²) >= 11 is 2.98. The Balaban J connectivity index is 0.000000183. The lowest BCUT2D eigenvalue weighted by Gasteiger charge is -2.15. The second-order valence-corrected chi connectivity index (χ2v) is 13.6. The molecule has 6 heterocycles. The maximum Gasteiger partial charge on any atom is 0.203 e. The first-order valence-corrected chi connectivity index (χ1v) is 16.9. The largest absolute Gasteiger partial charge is 0.374 e. The number of hydrogen-bond acceptors (Lipinski definition) is 17. The van der Waals surface area contributed by atoms with Crippen molar-refractivity contribution in [1.29, 1.82) is 0 Å². The van der Waals surface area contributed by atoms with Crippen LogP contribution >= 0.6 is 22.7 Å². The van der Waals surface area contributed by atoms with E-state index >= 15 is 0 Å². The van der Waals surface area contributed by atoms with Gasteiger partial charge in [0.25, 0.3) is 0 Å². The fraction of sp³-hybridized carbons (Fsp3) is 0.433. The number of carbonyl (C=O) groups is 1. The summed E-state index contributed by atoms with van der Waals surface area (Å²) in [6.07, 6.45) is 9.98. The van der Waals surface area contributed by atoms with Crippen molar-refractivity contribution >= 4 is 45.2 Å². The van der Waals surface area contributed by atoms with E-state index < -0.39 is 6.10 Å². The van der Waals surface area contributed by atoms with Gasteiger partial charge in [-0.2, -0.15) is 0 Å². The molecule has 0 saturated carbocycles. The zero-order valence-corrected chi connectivity index (χ0v) is 27.5. The smallest absolute Gasteiger partial charge is 0.203 e.